The number of carbonyl (C=O) groups excluding carboxylic acids is 2. The summed E-state index contributed by atoms with van der Waals surface area (Å²) < 4.78 is 5.41. The van der Waals surface area contributed by atoms with Gasteiger partial charge in [0.1, 0.15) is 5.75 Å². The predicted molar refractivity (Wildman–Crippen MR) is 120 cm³/mol. The molecule has 160 valence electrons. The summed E-state index contributed by atoms with van der Waals surface area (Å²) in [4.78, 5) is 27.5. The van der Waals surface area contributed by atoms with Crippen LogP contribution in [-0.4, -0.2) is 42.5 Å². The number of piperidine rings is 1. The molecule has 2 N–H and O–H groups in total. The summed E-state index contributed by atoms with van der Waals surface area (Å²) in [5, 5.41) is 5.88. The fourth-order valence-corrected chi connectivity index (χ4v) is 3.78. The Morgan fingerprint density at radius 2 is 1.63 bits per heavy atom. The summed E-state index contributed by atoms with van der Waals surface area (Å²) in [5.74, 6) is 0.610. The van der Waals surface area contributed by atoms with Crippen molar-refractivity contribution < 1.29 is 14.3 Å². The smallest absolute Gasteiger partial charge is 0.255 e. The van der Waals surface area contributed by atoms with E-state index in [1.165, 1.54) is 0 Å². The molecule has 2 aromatic carbocycles. The van der Waals surface area contributed by atoms with Crippen molar-refractivity contribution in [3.8, 4) is 5.75 Å². The molecule has 0 spiro atoms. The Labute approximate surface area is 178 Å². The Morgan fingerprint density at radius 3 is 2.30 bits per heavy atom. The fourth-order valence-electron chi connectivity index (χ4n) is 3.78. The zero-order chi connectivity index (χ0) is 21.3. The normalized spacial score (nSPS) is 16.7. The molecule has 2 amide bonds. The van der Waals surface area contributed by atoms with Crippen molar-refractivity contribution >= 4 is 23.2 Å². The van der Waals surface area contributed by atoms with E-state index in [0.717, 1.165) is 44.5 Å². The lowest BCUT2D eigenvalue weighted by Crippen LogP contribution is -2.47. The second kappa shape index (κ2) is 10.8. The summed E-state index contributed by atoms with van der Waals surface area (Å²) in [6.07, 6.45) is 4.18. The molecule has 0 aliphatic carbocycles. The number of hydrogen-bond donors (Lipinski definition) is 2. The van der Waals surface area contributed by atoms with E-state index in [2.05, 4.69) is 22.5 Å². The van der Waals surface area contributed by atoms with Gasteiger partial charge in [0.15, 0.2) is 0 Å². The first-order valence-corrected chi connectivity index (χ1v) is 10.8. The number of nitrogens with zero attached hydrogens (tertiary/aromatic N) is 1. The van der Waals surface area contributed by atoms with Gasteiger partial charge in [-0.3, -0.25) is 14.5 Å². The molecular formula is C24H31N3O3. The number of carbonyl (C=O) groups is 2. The van der Waals surface area contributed by atoms with Crippen LogP contribution in [0.4, 0.5) is 11.4 Å². The SMILES string of the molecule is CCCN1CCCCC1C(=O)Nc1ccc(C(=O)Nc2ccc(OCC)cc2)cc1. The number of benzene rings is 2. The average molecular weight is 410 g/mol. The van der Waals surface area contributed by atoms with Crippen LogP contribution in [-0.2, 0) is 4.79 Å². The highest BCUT2D eigenvalue weighted by Gasteiger charge is 2.27. The molecule has 30 heavy (non-hydrogen) atoms. The zero-order valence-electron chi connectivity index (χ0n) is 17.8. The highest BCUT2D eigenvalue weighted by atomic mass is 16.5. The van der Waals surface area contributed by atoms with Crippen molar-refractivity contribution in [1.29, 1.82) is 0 Å². The number of ether oxygens (including phenoxy) is 1. The molecule has 1 unspecified atom stereocenters. The molecule has 0 saturated carbocycles. The molecule has 1 heterocycles. The Balaban J connectivity index is 1.57. The highest BCUT2D eigenvalue weighted by Crippen LogP contribution is 2.20. The van der Waals surface area contributed by atoms with Crippen LogP contribution < -0.4 is 15.4 Å². The van der Waals surface area contributed by atoms with Gasteiger partial charge in [0.05, 0.1) is 12.6 Å². The average Bonchev–Trinajstić information content (AvgIpc) is 2.76. The van der Waals surface area contributed by atoms with Crippen LogP contribution in [0.2, 0.25) is 0 Å². The number of hydrogen-bond acceptors (Lipinski definition) is 4. The van der Waals surface area contributed by atoms with Gasteiger partial charge in [0.2, 0.25) is 5.91 Å². The van der Waals surface area contributed by atoms with Gasteiger partial charge < -0.3 is 15.4 Å². The van der Waals surface area contributed by atoms with E-state index in [0.29, 0.717) is 23.5 Å². The van der Waals surface area contributed by atoms with Gasteiger partial charge in [-0.1, -0.05) is 13.3 Å². The summed E-state index contributed by atoms with van der Waals surface area (Å²) >= 11 is 0. The third kappa shape index (κ3) is 5.83. The molecule has 0 aromatic heterocycles. The Hall–Kier alpha value is -2.86. The van der Waals surface area contributed by atoms with Crippen LogP contribution in [0, 0.1) is 0 Å². The maximum atomic E-state index is 12.7. The van der Waals surface area contributed by atoms with E-state index in [1.54, 1.807) is 24.3 Å². The van der Waals surface area contributed by atoms with Crippen molar-refractivity contribution in [3.05, 3.63) is 54.1 Å². The van der Waals surface area contributed by atoms with Crippen LogP contribution in [0.15, 0.2) is 48.5 Å². The molecule has 3 rings (SSSR count). The zero-order valence-corrected chi connectivity index (χ0v) is 17.8. The largest absolute Gasteiger partial charge is 0.494 e. The molecule has 6 nitrogen and oxygen atoms in total. The minimum Gasteiger partial charge on any atom is -0.494 e. The topological polar surface area (TPSA) is 70.7 Å². The molecule has 2 aromatic rings. The maximum Gasteiger partial charge on any atom is 0.255 e. The van der Waals surface area contributed by atoms with Gasteiger partial charge in [0, 0.05) is 16.9 Å². The van der Waals surface area contributed by atoms with Crippen molar-refractivity contribution in [1.82, 2.24) is 4.90 Å². The fraction of sp³-hybridized carbons (Fsp3) is 0.417. The highest BCUT2D eigenvalue weighted by molar-refractivity contribution is 6.04. The lowest BCUT2D eigenvalue weighted by atomic mass is 10.0. The third-order valence-electron chi connectivity index (χ3n) is 5.26. The van der Waals surface area contributed by atoms with Crippen LogP contribution in [0.25, 0.3) is 0 Å². The number of nitrogens with one attached hydrogen (secondary N) is 2. The molecule has 0 radical (unpaired) electrons. The van der Waals surface area contributed by atoms with Crippen molar-refractivity contribution in [2.45, 2.75) is 45.6 Å². The van der Waals surface area contributed by atoms with Gasteiger partial charge in [-0.05, 0) is 87.8 Å². The molecule has 1 atom stereocenters. The van der Waals surface area contributed by atoms with Crippen LogP contribution in [0.3, 0.4) is 0 Å². The predicted octanol–water partition coefficient (Wildman–Crippen LogP) is 4.54. The molecule has 1 fully saturated rings. The lowest BCUT2D eigenvalue weighted by Gasteiger charge is -2.34. The Kier molecular flexibility index (Phi) is 7.85. The van der Waals surface area contributed by atoms with E-state index in [-0.39, 0.29) is 17.9 Å². The Bertz CT molecular complexity index is 832. The second-order valence-corrected chi connectivity index (χ2v) is 7.53. The van der Waals surface area contributed by atoms with Gasteiger partial charge in [-0.15, -0.1) is 0 Å². The Morgan fingerprint density at radius 1 is 0.967 bits per heavy atom. The van der Waals surface area contributed by atoms with Gasteiger partial charge in [-0.2, -0.15) is 0 Å². The first-order chi connectivity index (χ1) is 14.6. The first kappa shape index (κ1) is 21.8. The minimum absolute atomic E-state index is 0.0368. The number of anilines is 2. The molecular weight excluding hydrogens is 378 g/mol. The third-order valence-corrected chi connectivity index (χ3v) is 5.26. The summed E-state index contributed by atoms with van der Waals surface area (Å²) in [6, 6.07) is 14.2. The van der Waals surface area contributed by atoms with Gasteiger partial charge in [-0.25, -0.2) is 0 Å². The van der Waals surface area contributed by atoms with Crippen molar-refractivity contribution in [2.75, 3.05) is 30.3 Å². The lowest BCUT2D eigenvalue weighted by molar-refractivity contribution is -0.122. The van der Waals surface area contributed by atoms with Crippen LogP contribution in [0.5, 0.6) is 5.75 Å². The number of amides is 2. The molecule has 1 saturated heterocycles. The summed E-state index contributed by atoms with van der Waals surface area (Å²) in [5.41, 5.74) is 1.95. The van der Waals surface area contributed by atoms with Crippen molar-refractivity contribution in [3.63, 3.8) is 0 Å². The summed E-state index contributed by atoms with van der Waals surface area (Å²) in [6.45, 7) is 6.60. The first-order valence-electron chi connectivity index (χ1n) is 10.8. The number of rotatable bonds is 8. The summed E-state index contributed by atoms with van der Waals surface area (Å²) in [7, 11) is 0. The maximum absolute atomic E-state index is 12.7. The van der Waals surface area contributed by atoms with E-state index in [9.17, 15) is 9.59 Å². The number of likely N-dealkylation sites (tertiary alicyclic amines) is 1. The van der Waals surface area contributed by atoms with Gasteiger partial charge >= 0.3 is 0 Å². The second-order valence-electron chi connectivity index (χ2n) is 7.53. The van der Waals surface area contributed by atoms with Crippen LogP contribution in [0.1, 0.15) is 49.9 Å². The molecule has 1 aliphatic heterocycles. The monoisotopic (exact) mass is 409 g/mol. The van der Waals surface area contributed by atoms with E-state index in [4.69, 9.17) is 4.74 Å². The van der Waals surface area contributed by atoms with E-state index in [1.807, 2.05) is 31.2 Å². The standard InChI is InChI=1S/C24H31N3O3/c1-3-16-27-17-6-5-7-22(27)24(29)26-19-10-8-18(9-11-19)23(28)25-20-12-14-21(15-13-20)30-4-2/h8-15,22H,3-7,16-17H2,1-2H3,(H,25,28)(H,26,29). The quantitative estimate of drug-likeness (QED) is 0.671. The minimum atomic E-state index is -0.196. The van der Waals surface area contributed by atoms with Crippen LogP contribution >= 0.6 is 0 Å². The van der Waals surface area contributed by atoms with E-state index >= 15 is 0 Å². The van der Waals surface area contributed by atoms with Gasteiger partial charge in [0.25, 0.3) is 5.91 Å². The van der Waals surface area contributed by atoms with Crippen molar-refractivity contribution in [2.24, 2.45) is 0 Å². The molecule has 1 aliphatic rings. The molecule has 6 heteroatoms. The molecule has 0 bridgehead atoms. The van der Waals surface area contributed by atoms with E-state index < -0.39 is 0 Å².